The standard InChI is InChI=1S/C17H19N5O2/c1-20-9-14(8-19-20)13-7-16-15(3-5-18-22(16)10-13)21-6-4-12(11-24-2)17(21)23/h3,5,7-10,12H,4,6,11H2,1-2H3. The highest BCUT2D eigenvalue weighted by Crippen LogP contribution is 2.31. The Morgan fingerprint density at radius 2 is 2.17 bits per heavy atom. The predicted octanol–water partition coefficient (Wildman–Crippen LogP) is 1.73. The highest BCUT2D eigenvalue weighted by Gasteiger charge is 2.33. The molecular formula is C17H19N5O2. The Labute approximate surface area is 139 Å². The van der Waals surface area contributed by atoms with Crippen LogP contribution >= 0.6 is 0 Å². The fraction of sp³-hybridized carbons (Fsp3) is 0.353. The number of aromatic nitrogens is 4. The van der Waals surface area contributed by atoms with Gasteiger partial charge in [0.05, 0.1) is 29.9 Å². The molecule has 0 saturated carbocycles. The summed E-state index contributed by atoms with van der Waals surface area (Å²) in [5, 5.41) is 8.59. The molecule has 3 aromatic heterocycles. The van der Waals surface area contributed by atoms with E-state index in [0.29, 0.717) is 13.2 Å². The largest absolute Gasteiger partial charge is 0.384 e. The van der Waals surface area contributed by atoms with Gasteiger partial charge in [0.25, 0.3) is 0 Å². The van der Waals surface area contributed by atoms with Crippen LogP contribution in [0.25, 0.3) is 16.6 Å². The van der Waals surface area contributed by atoms with E-state index in [4.69, 9.17) is 4.74 Å². The van der Waals surface area contributed by atoms with Crippen LogP contribution in [0, 0.1) is 5.92 Å². The van der Waals surface area contributed by atoms with Crippen molar-refractivity contribution in [3.63, 3.8) is 0 Å². The minimum Gasteiger partial charge on any atom is -0.384 e. The molecule has 1 aliphatic rings. The SMILES string of the molecule is COCC1CCN(c2ccnn3cc(-c4cnn(C)c4)cc23)C1=O. The van der Waals surface area contributed by atoms with Crippen LogP contribution in [0.15, 0.2) is 36.9 Å². The number of anilines is 1. The minimum atomic E-state index is -0.0593. The molecule has 1 unspecified atom stereocenters. The molecule has 24 heavy (non-hydrogen) atoms. The van der Waals surface area contributed by atoms with Crippen molar-refractivity contribution >= 4 is 17.1 Å². The van der Waals surface area contributed by atoms with Crippen LogP contribution in [-0.2, 0) is 16.6 Å². The number of methoxy groups -OCH3 is 1. The van der Waals surface area contributed by atoms with E-state index in [1.165, 1.54) is 0 Å². The van der Waals surface area contributed by atoms with Gasteiger partial charge in [0, 0.05) is 50.4 Å². The van der Waals surface area contributed by atoms with Gasteiger partial charge in [-0.1, -0.05) is 0 Å². The van der Waals surface area contributed by atoms with Crippen molar-refractivity contribution in [2.45, 2.75) is 6.42 Å². The van der Waals surface area contributed by atoms with E-state index in [2.05, 4.69) is 16.3 Å². The third-order valence-electron chi connectivity index (χ3n) is 4.50. The average molecular weight is 325 g/mol. The van der Waals surface area contributed by atoms with Gasteiger partial charge in [0.2, 0.25) is 5.91 Å². The maximum Gasteiger partial charge on any atom is 0.232 e. The van der Waals surface area contributed by atoms with Crippen LogP contribution in [0.1, 0.15) is 6.42 Å². The molecule has 1 fully saturated rings. The van der Waals surface area contributed by atoms with Gasteiger partial charge in [-0.05, 0) is 18.6 Å². The average Bonchev–Trinajstić information content (AvgIpc) is 3.27. The van der Waals surface area contributed by atoms with Crippen molar-refractivity contribution in [1.29, 1.82) is 0 Å². The van der Waals surface area contributed by atoms with Crippen molar-refractivity contribution < 1.29 is 9.53 Å². The van der Waals surface area contributed by atoms with Crippen LogP contribution in [0.5, 0.6) is 0 Å². The molecule has 1 saturated heterocycles. The molecule has 1 aliphatic heterocycles. The number of rotatable bonds is 4. The lowest BCUT2D eigenvalue weighted by Gasteiger charge is -2.17. The zero-order valence-corrected chi connectivity index (χ0v) is 13.7. The molecule has 0 spiro atoms. The Kier molecular flexibility index (Phi) is 3.57. The summed E-state index contributed by atoms with van der Waals surface area (Å²) in [6, 6.07) is 3.95. The van der Waals surface area contributed by atoms with Crippen molar-refractivity contribution in [1.82, 2.24) is 19.4 Å². The first-order chi connectivity index (χ1) is 11.7. The molecule has 1 amide bonds. The van der Waals surface area contributed by atoms with Crippen molar-refractivity contribution in [2.75, 3.05) is 25.2 Å². The van der Waals surface area contributed by atoms with E-state index >= 15 is 0 Å². The molecule has 0 N–H and O–H groups in total. The van der Waals surface area contributed by atoms with Crippen LogP contribution in [0.3, 0.4) is 0 Å². The lowest BCUT2D eigenvalue weighted by molar-refractivity contribution is -0.121. The zero-order valence-electron chi connectivity index (χ0n) is 13.7. The first kappa shape index (κ1) is 14.9. The second-order valence-electron chi connectivity index (χ2n) is 6.11. The summed E-state index contributed by atoms with van der Waals surface area (Å²) >= 11 is 0. The Morgan fingerprint density at radius 1 is 1.29 bits per heavy atom. The summed E-state index contributed by atoms with van der Waals surface area (Å²) in [4.78, 5) is 14.5. The molecule has 0 radical (unpaired) electrons. The molecule has 4 heterocycles. The van der Waals surface area contributed by atoms with E-state index in [1.807, 2.05) is 41.1 Å². The van der Waals surface area contributed by atoms with E-state index in [1.54, 1.807) is 18.0 Å². The van der Waals surface area contributed by atoms with Gasteiger partial charge in [-0.15, -0.1) is 0 Å². The van der Waals surface area contributed by atoms with E-state index < -0.39 is 0 Å². The number of hydrogen-bond acceptors (Lipinski definition) is 4. The number of aryl methyl sites for hydroxylation is 1. The quantitative estimate of drug-likeness (QED) is 0.733. The van der Waals surface area contributed by atoms with Crippen molar-refractivity contribution in [2.24, 2.45) is 13.0 Å². The van der Waals surface area contributed by atoms with Crippen LogP contribution in [0.2, 0.25) is 0 Å². The number of hydrogen-bond donors (Lipinski definition) is 0. The summed E-state index contributed by atoms with van der Waals surface area (Å²) in [5.74, 6) is 0.0602. The fourth-order valence-electron chi connectivity index (χ4n) is 3.29. The smallest absolute Gasteiger partial charge is 0.232 e. The van der Waals surface area contributed by atoms with Gasteiger partial charge in [0.15, 0.2) is 0 Å². The van der Waals surface area contributed by atoms with Gasteiger partial charge in [-0.25, -0.2) is 4.52 Å². The lowest BCUT2D eigenvalue weighted by atomic mass is 10.1. The molecular weight excluding hydrogens is 306 g/mol. The third kappa shape index (κ3) is 2.37. The molecule has 124 valence electrons. The molecule has 7 nitrogen and oxygen atoms in total. The summed E-state index contributed by atoms with van der Waals surface area (Å²) < 4.78 is 8.74. The minimum absolute atomic E-state index is 0.0593. The number of nitrogens with zero attached hydrogens (tertiary/aromatic N) is 5. The van der Waals surface area contributed by atoms with Crippen LogP contribution in [0.4, 0.5) is 5.69 Å². The van der Waals surface area contributed by atoms with Gasteiger partial charge in [-0.2, -0.15) is 10.2 Å². The molecule has 0 bridgehead atoms. The lowest BCUT2D eigenvalue weighted by Crippen LogP contribution is -2.28. The number of fused-ring (bicyclic) bond motifs is 1. The molecule has 0 aromatic carbocycles. The van der Waals surface area contributed by atoms with E-state index in [9.17, 15) is 4.79 Å². The first-order valence-electron chi connectivity index (χ1n) is 7.94. The monoisotopic (exact) mass is 325 g/mol. The molecule has 7 heteroatoms. The third-order valence-corrected chi connectivity index (χ3v) is 4.50. The number of ether oxygens (including phenoxy) is 1. The number of carbonyl (C=O) groups is 1. The van der Waals surface area contributed by atoms with Gasteiger partial charge < -0.3 is 9.64 Å². The van der Waals surface area contributed by atoms with Gasteiger partial charge in [-0.3, -0.25) is 9.48 Å². The Hall–Kier alpha value is -2.67. The highest BCUT2D eigenvalue weighted by molar-refractivity contribution is 6.01. The molecule has 4 rings (SSSR count). The molecule has 1 atom stereocenters. The first-order valence-corrected chi connectivity index (χ1v) is 7.94. The van der Waals surface area contributed by atoms with Crippen molar-refractivity contribution in [3.05, 3.63) is 36.9 Å². The highest BCUT2D eigenvalue weighted by atomic mass is 16.5. The fourth-order valence-corrected chi connectivity index (χ4v) is 3.29. The van der Waals surface area contributed by atoms with Crippen LogP contribution < -0.4 is 4.90 Å². The Balaban J connectivity index is 1.74. The maximum absolute atomic E-state index is 12.6. The van der Waals surface area contributed by atoms with Gasteiger partial charge >= 0.3 is 0 Å². The number of carbonyl (C=O) groups excluding carboxylic acids is 1. The normalized spacial score (nSPS) is 18.0. The zero-order chi connectivity index (χ0) is 16.7. The molecule has 3 aromatic rings. The Bertz CT molecular complexity index is 897. The molecule has 0 aliphatic carbocycles. The van der Waals surface area contributed by atoms with Crippen molar-refractivity contribution in [3.8, 4) is 11.1 Å². The maximum atomic E-state index is 12.6. The second kappa shape index (κ2) is 5.76. The van der Waals surface area contributed by atoms with E-state index in [0.717, 1.165) is 28.8 Å². The predicted molar refractivity (Wildman–Crippen MR) is 89.7 cm³/mol. The second-order valence-corrected chi connectivity index (χ2v) is 6.11. The summed E-state index contributed by atoms with van der Waals surface area (Å²) in [7, 11) is 3.52. The van der Waals surface area contributed by atoms with Gasteiger partial charge in [0.1, 0.15) is 0 Å². The summed E-state index contributed by atoms with van der Waals surface area (Å²) in [6.45, 7) is 1.18. The Morgan fingerprint density at radius 3 is 2.92 bits per heavy atom. The van der Waals surface area contributed by atoms with Crippen LogP contribution in [-0.4, -0.2) is 45.6 Å². The topological polar surface area (TPSA) is 64.7 Å². The van der Waals surface area contributed by atoms with E-state index in [-0.39, 0.29) is 11.8 Å². The summed E-state index contributed by atoms with van der Waals surface area (Å²) in [5.41, 5.74) is 3.87. The summed E-state index contributed by atoms with van der Waals surface area (Å²) in [6.07, 6.45) is 8.29. The number of amides is 1.